The van der Waals surface area contributed by atoms with Crippen molar-refractivity contribution in [2.75, 3.05) is 24.2 Å². The van der Waals surface area contributed by atoms with E-state index in [9.17, 15) is 13.2 Å². The molecule has 1 aliphatic heterocycles. The summed E-state index contributed by atoms with van der Waals surface area (Å²) in [6.45, 7) is 3.02. The van der Waals surface area contributed by atoms with Crippen LogP contribution >= 0.6 is 34.7 Å². The second kappa shape index (κ2) is 8.87. The molecule has 1 fully saturated rings. The fourth-order valence-electron chi connectivity index (χ4n) is 2.59. The van der Waals surface area contributed by atoms with Gasteiger partial charge in [-0.1, -0.05) is 41.6 Å². The molecule has 1 aromatic carbocycles. The third kappa shape index (κ3) is 4.80. The lowest BCUT2D eigenvalue weighted by atomic mass is 10.2. The maximum atomic E-state index is 12.8. The highest BCUT2D eigenvalue weighted by molar-refractivity contribution is 8.01. The van der Waals surface area contributed by atoms with Crippen LogP contribution in [0.15, 0.2) is 27.4 Å². The Morgan fingerprint density at radius 1 is 1.33 bits per heavy atom. The molecule has 2 aromatic rings. The Labute approximate surface area is 171 Å². The number of anilines is 1. The molecule has 0 atom stereocenters. The lowest BCUT2D eigenvalue weighted by Gasteiger charge is -2.17. The van der Waals surface area contributed by atoms with Crippen molar-refractivity contribution < 1.29 is 13.2 Å². The van der Waals surface area contributed by atoms with Gasteiger partial charge in [0, 0.05) is 24.4 Å². The molecule has 0 saturated carbocycles. The fraction of sp³-hybridized carbons (Fsp3) is 0.438. The minimum atomic E-state index is -3.71. The number of benzene rings is 1. The Morgan fingerprint density at radius 3 is 2.78 bits per heavy atom. The van der Waals surface area contributed by atoms with E-state index in [1.807, 2.05) is 0 Å². The molecule has 3 rings (SSSR count). The second-order valence-corrected chi connectivity index (χ2v) is 10.6. The van der Waals surface area contributed by atoms with Crippen LogP contribution in [0.2, 0.25) is 5.02 Å². The van der Waals surface area contributed by atoms with E-state index in [0.29, 0.717) is 18.2 Å². The van der Waals surface area contributed by atoms with E-state index in [4.69, 9.17) is 11.6 Å². The molecule has 2 heterocycles. The van der Waals surface area contributed by atoms with Crippen LogP contribution in [0.4, 0.5) is 5.13 Å². The fourth-order valence-corrected chi connectivity index (χ4v) is 6.28. The number of halogens is 1. The predicted octanol–water partition coefficient (Wildman–Crippen LogP) is 3.73. The second-order valence-electron chi connectivity index (χ2n) is 5.93. The maximum absolute atomic E-state index is 12.8. The number of amides is 1. The van der Waals surface area contributed by atoms with Crippen LogP contribution < -0.4 is 5.32 Å². The van der Waals surface area contributed by atoms with Crippen molar-refractivity contribution in [3.8, 4) is 0 Å². The number of rotatable bonds is 7. The van der Waals surface area contributed by atoms with E-state index in [2.05, 4.69) is 22.4 Å². The highest BCUT2D eigenvalue weighted by atomic mass is 35.5. The average Bonchev–Trinajstić information content (AvgIpc) is 3.32. The smallest absolute Gasteiger partial charge is 0.257 e. The summed E-state index contributed by atoms with van der Waals surface area (Å²) in [5.41, 5.74) is 0.204. The highest BCUT2D eigenvalue weighted by Gasteiger charge is 2.29. The van der Waals surface area contributed by atoms with Crippen LogP contribution in [0.25, 0.3) is 0 Å². The standard InChI is InChI=1S/C16H19ClN4O3S3/c1-2-9-25-16-20-19-15(26-16)18-14(22)11-5-6-12(17)13(10-11)27(23,24)21-7-3-4-8-21/h5-6,10H,2-4,7-9H2,1H3,(H,18,19,22). The average molecular weight is 447 g/mol. The Balaban J connectivity index is 1.78. The number of carbonyl (C=O) groups excluding carboxylic acids is 1. The third-order valence-corrected chi connectivity index (χ3v) is 8.49. The topological polar surface area (TPSA) is 92.3 Å². The first kappa shape index (κ1) is 20.5. The summed E-state index contributed by atoms with van der Waals surface area (Å²) < 4.78 is 27.7. The summed E-state index contributed by atoms with van der Waals surface area (Å²) >= 11 is 8.98. The van der Waals surface area contributed by atoms with Gasteiger partial charge in [-0.25, -0.2) is 8.42 Å². The number of nitrogens with zero attached hydrogens (tertiary/aromatic N) is 3. The molecule has 1 aliphatic rings. The first-order chi connectivity index (χ1) is 12.9. The van der Waals surface area contributed by atoms with Crippen LogP contribution in [0.1, 0.15) is 36.5 Å². The summed E-state index contributed by atoms with van der Waals surface area (Å²) in [7, 11) is -3.71. The van der Waals surface area contributed by atoms with Gasteiger partial charge in [0.05, 0.1) is 5.02 Å². The van der Waals surface area contributed by atoms with E-state index in [1.54, 1.807) is 11.8 Å². The lowest BCUT2D eigenvalue weighted by molar-refractivity contribution is 0.102. The van der Waals surface area contributed by atoms with Crippen molar-refractivity contribution in [1.82, 2.24) is 14.5 Å². The number of thioether (sulfide) groups is 1. The lowest BCUT2D eigenvalue weighted by Crippen LogP contribution is -2.28. The summed E-state index contributed by atoms with van der Waals surface area (Å²) in [6, 6.07) is 4.25. The van der Waals surface area contributed by atoms with Crippen LogP contribution in [-0.2, 0) is 10.0 Å². The summed E-state index contributed by atoms with van der Waals surface area (Å²) in [5.74, 6) is 0.477. The molecule has 7 nitrogen and oxygen atoms in total. The van der Waals surface area contributed by atoms with Gasteiger partial charge in [-0.2, -0.15) is 4.31 Å². The molecule has 27 heavy (non-hydrogen) atoms. The number of hydrogen-bond acceptors (Lipinski definition) is 7. The molecule has 0 spiro atoms. The Morgan fingerprint density at radius 2 is 2.07 bits per heavy atom. The van der Waals surface area contributed by atoms with Gasteiger partial charge in [-0.15, -0.1) is 10.2 Å². The Bertz CT molecular complexity index is 927. The normalized spacial score (nSPS) is 15.2. The zero-order valence-corrected chi connectivity index (χ0v) is 17.8. The summed E-state index contributed by atoms with van der Waals surface area (Å²) in [5, 5.41) is 11.1. The van der Waals surface area contributed by atoms with Gasteiger partial charge in [0.2, 0.25) is 15.2 Å². The number of carbonyl (C=O) groups is 1. The van der Waals surface area contributed by atoms with Crippen molar-refractivity contribution in [3.63, 3.8) is 0 Å². The first-order valence-corrected chi connectivity index (χ1v) is 12.1. The van der Waals surface area contributed by atoms with E-state index >= 15 is 0 Å². The summed E-state index contributed by atoms with van der Waals surface area (Å²) in [6.07, 6.45) is 2.67. The molecule has 1 N–H and O–H groups in total. The molecule has 0 bridgehead atoms. The molecule has 1 aromatic heterocycles. The molecule has 1 amide bonds. The number of hydrogen-bond donors (Lipinski definition) is 1. The van der Waals surface area contributed by atoms with E-state index < -0.39 is 15.9 Å². The SMILES string of the molecule is CCCSc1nnc(NC(=O)c2ccc(Cl)c(S(=O)(=O)N3CCCC3)c2)s1. The van der Waals surface area contributed by atoms with Gasteiger partial charge in [0.1, 0.15) is 4.90 Å². The van der Waals surface area contributed by atoms with Crippen LogP contribution in [0, 0.1) is 0 Å². The zero-order chi connectivity index (χ0) is 19.4. The molecule has 0 radical (unpaired) electrons. The van der Waals surface area contributed by atoms with Gasteiger partial charge >= 0.3 is 0 Å². The molecule has 11 heteroatoms. The minimum Gasteiger partial charge on any atom is -0.296 e. The van der Waals surface area contributed by atoms with Crippen molar-refractivity contribution in [1.29, 1.82) is 0 Å². The minimum absolute atomic E-state index is 0.0461. The van der Waals surface area contributed by atoms with Crippen molar-refractivity contribution in [3.05, 3.63) is 28.8 Å². The Hall–Kier alpha value is -1.20. The maximum Gasteiger partial charge on any atom is 0.257 e. The zero-order valence-electron chi connectivity index (χ0n) is 14.6. The molecule has 0 aliphatic carbocycles. The van der Waals surface area contributed by atoms with Crippen molar-refractivity contribution >= 4 is 55.8 Å². The molecule has 146 valence electrons. The Kier molecular flexibility index (Phi) is 6.74. The van der Waals surface area contributed by atoms with E-state index in [1.165, 1.54) is 33.8 Å². The van der Waals surface area contributed by atoms with Crippen molar-refractivity contribution in [2.45, 2.75) is 35.4 Å². The highest BCUT2D eigenvalue weighted by Crippen LogP contribution is 2.29. The molecule has 1 saturated heterocycles. The largest absolute Gasteiger partial charge is 0.296 e. The number of nitrogens with one attached hydrogen (secondary N) is 1. The van der Waals surface area contributed by atoms with Crippen LogP contribution in [0.5, 0.6) is 0 Å². The molecular weight excluding hydrogens is 428 g/mol. The van der Waals surface area contributed by atoms with Crippen LogP contribution in [0.3, 0.4) is 0 Å². The van der Waals surface area contributed by atoms with Crippen molar-refractivity contribution in [2.24, 2.45) is 0 Å². The van der Waals surface area contributed by atoms with Gasteiger partial charge in [-0.05, 0) is 37.5 Å². The molecule has 0 unspecified atom stereocenters. The summed E-state index contributed by atoms with van der Waals surface area (Å²) in [4.78, 5) is 12.5. The quantitative estimate of drug-likeness (QED) is 0.514. The first-order valence-electron chi connectivity index (χ1n) is 8.49. The molecular formula is C16H19ClN4O3S3. The number of aromatic nitrogens is 2. The van der Waals surface area contributed by atoms with E-state index in [-0.39, 0.29) is 15.5 Å². The predicted molar refractivity (Wildman–Crippen MR) is 108 cm³/mol. The van der Waals surface area contributed by atoms with Gasteiger partial charge in [-0.3, -0.25) is 10.1 Å². The monoisotopic (exact) mass is 446 g/mol. The van der Waals surface area contributed by atoms with Gasteiger partial charge < -0.3 is 0 Å². The van der Waals surface area contributed by atoms with E-state index in [0.717, 1.165) is 29.4 Å². The van der Waals surface area contributed by atoms with Crippen LogP contribution in [-0.4, -0.2) is 47.7 Å². The van der Waals surface area contributed by atoms with Gasteiger partial charge in [0.25, 0.3) is 5.91 Å². The third-order valence-electron chi connectivity index (χ3n) is 3.93. The number of sulfonamides is 1. The van der Waals surface area contributed by atoms with Gasteiger partial charge in [0.15, 0.2) is 4.34 Å².